The van der Waals surface area contributed by atoms with Gasteiger partial charge in [-0.2, -0.15) is 0 Å². The summed E-state index contributed by atoms with van der Waals surface area (Å²) in [4.78, 5) is 4.96. The number of halogens is 2. The summed E-state index contributed by atoms with van der Waals surface area (Å²) in [5, 5.41) is 12.1. The van der Waals surface area contributed by atoms with E-state index in [1.165, 1.54) is 37.9 Å². The average Bonchev–Trinajstić information content (AvgIpc) is 3.05. The molecular weight excluding hydrogens is 483 g/mol. The maximum Gasteiger partial charge on any atom is 0.121 e. The first kappa shape index (κ1) is 26.6. The highest BCUT2D eigenvalue weighted by molar-refractivity contribution is 6.42. The number of piperidine rings is 1. The third-order valence-corrected chi connectivity index (χ3v) is 7.79. The van der Waals surface area contributed by atoms with Gasteiger partial charge in [-0.1, -0.05) is 41.8 Å². The quantitative estimate of drug-likeness (QED) is 0.386. The van der Waals surface area contributed by atoms with Crippen molar-refractivity contribution in [2.75, 3.05) is 45.9 Å². The van der Waals surface area contributed by atoms with E-state index in [9.17, 15) is 5.11 Å². The van der Waals surface area contributed by atoms with Gasteiger partial charge in [0.15, 0.2) is 0 Å². The predicted molar refractivity (Wildman–Crippen MR) is 143 cm³/mol. The smallest absolute Gasteiger partial charge is 0.121 e. The van der Waals surface area contributed by atoms with Crippen LogP contribution < -0.4 is 9.47 Å². The fourth-order valence-electron chi connectivity index (χ4n) is 4.97. The Labute approximate surface area is 219 Å². The van der Waals surface area contributed by atoms with Gasteiger partial charge in [0.05, 0.1) is 22.3 Å². The molecule has 2 saturated heterocycles. The van der Waals surface area contributed by atoms with E-state index in [4.69, 9.17) is 32.7 Å². The zero-order valence-corrected chi connectivity index (χ0v) is 22.1. The minimum absolute atomic E-state index is 0.250. The summed E-state index contributed by atoms with van der Waals surface area (Å²) in [7, 11) is 0. The molecule has 0 amide bonds. The largest absolute Gasteiger partial charge is 0.494 e. The standard InChI is InChI=1S/C28H38Cl2N2O3/c29-26-10-9-25(20-27(26)30)35-22-28(33)11-5-15-32(17-12-28)21-23-7-4-8-24(19-23)34-18-6-16-31-13-2-1-3-14-31/h4,7-10,19-20,33H,1-3,5-6,11-18,21-22H2/t28-/m1/s1. The van der Waals surface area contributed by atoms with Crippen molar-refractivity contribution in [2.24, 2.45) is 0 Å². The molecule has 0 radical (unpaired) electrons. The Morgan fingerprint density at radius 1 is 0.800 bits per heavy atom. The minimum atomic E-state index is -0.847. The lowest BCUT2D eigenvalue weighted by molar-refractivity contribution is -0.0168. The van der Waals surface area contributed by atoms with E-state index >= 15 is 0 Å². The molecule has 192 valence electrons. The van der Waals surface area contributed by atoms with Crippen molar-refractivity contribution in [1.29, 1.82) is 0 Å². The van der Waals surface area contributed by atoms with Crippen LogP contribution in [0.25, 0.3) is 0 Å². The summed E-state index contributed by atoms with van der Waals surface area (Å²) in [5.74, 6) is 1.57. The monoisotopic (exact) mass is 520 g/mol. The van der Waals surface area contributed by atoms with Crippen LogP contribution >= 0.6 is 23.2 Å². The van der Waals surface area contributed by atoms with Gasteiger partial charge in [0.25, 0.3) is 0 Å². The lowest BCUT2D eigenvalue weighted by Crippen LogP contribution is -2.37. The van der Waals surface area contributed by atoms with E-state index in [-0.39, 0.29) is 6.61 Å². The molecule has 0 unspecified atom stereocenters. The van der Waals surface area contributed by atoms with E-state index in [2.05, 4.69) is 28.0 Å². The zero-order chi connectivity index (χ0) is 24.5. The molecule has 2 heterocycles. The molecule has 2 aromatic carbocycles. The van der Waals surface area contributed by atoms with Crippen molar-refractivity contribution in [2.45, 2.75) is 57.1 Å². The molecular formula is C28H38Cl2N2O3. The Morgan fingerprint density at radius 3 is 2.43 bits per heavy atom. The molecule has 1 atom stereocenters. The lowest BCUT2D eigenvalue weighted by atomic mass is 9.96. The third kappa shape index (κ3) is 8.54. The number of hydrogen-bond acceptors (Lipinski definition) is 5. The van der Waals surface area contributed by atoms with Gasteiger partial charge in [0.2, 0.25) is 0 Å². The van der Waals surface area contributed by atoms with Crippen molar-refractivity contribution in [3.05, 3.63) is 58.1 Å². The summed E-state index contributed by atoms with van der Waals surface area (Å²) >= 11 is 12.1. The number of ether oxygens (including phenoxy) is 2. The fourth-order valence-corrected chi connectivity index (χ4v) is 5.26. The Bertz CT molecular complexity index is 938. The molecule has 2 aromatic rings. The fraction of sp³-hybridized carbons (Fsp3) is 0.571. The number of likely N-dealkylation sites (tertiary alicyclic amines) is 2. The maximum absolute atomic E-state index is 11.1. The Balaban J connectivity index is 1.21. The Morgan fingerprint density at radius 2 is 1.60 bits per heavy atom. The number of aliphatic hydroxyl groups is 1. The third-order valence-electron chi connectivity index (χ3n) is 7.05. The van der Waals surface area contributed by atoms with Crippen LogP contribution in [0.15, 0.2) is 42.5 Å². The van der Waals surface area contributed by atoms with E-state index < -0.39 is 5.60 Å². The van der Waals surface area contributed by atoms with Crippen LogP contribution in [0.5, 0.6) is 11.5 Å². The number of rotatable bonds is 10. The number of nitrogens with zero attached hydrogens (tertiary/aromatic N) is 2. The van der Waals surface area contributed by atoms with Crippen molar-refractivity contribution in [1.82, 2.24) is 9.80 Å². The van der Waals surface area contributed by atoms with Gasteiger partial charge >= 0.3 is 0 Å². The second kappa shape index (κ2) is 13.2. The molecule has 1 N–H and O–H groups in total. The Kier molecular flexibility index (Phi) is 9.99. The number of benzene rings is 2. The minimum Gasteiger partial charge on any atom is -0.494 e. The molecule has 0 bridgehead atoms. The molecule has 2 aliphatic heterocycles. The SMILES string of the molecule is O[C@]1(COc2ccc(Cl)c(Cl)c2)CCCN(Cc2cccc(OCCCN3CCCCC3)c2)CC1. The molecule has 0 saturated carbocycles. The summed E-state index contributed by atoms with van der Waals surface area (Å²) in [6.45, 7) is 7.25. The molecule has 0 aliphatic carbocycles. The van der Waals surface area contributed by atoms with Gasteiger partial charge in [-0.3, -0.25) is 4.90 Å². The van der Waals surface area contributed by atoms with E-state index in [1.807, 2.05) is 6.07 Å². The maximum atomic E-state index is 11.1. The van der Waals surface area contributed by atoms with Crippen LogP contribution in [-0.2, 0) is 6.54 Å². The second-order valence-electron chi connectivity index (χ2n) is 9.97. The molecule has 4 rings (SSSR count). The highest BCUT2D eigenvalue weighted by Crippen LogP contribution is 2.29. The van der Waals surface area contributed by atoms with Crippen LogP contribution in [0.1, 0.15) is 50.5 Å². The highest BCUT2D eigenvalue weighted by Gasteiger charge is 2.31. The topological polar surface area (TPSA) is 45.2 Å². The van der Waals surface area contributed by atoms with E-state index in [0.717, 1.165) is 51.4 Å². The molecule has 35 heavy (non-hydrogen) atoms. The summed E-state index contributed by atoms with van der Waals surface area (Å²) in [6.07, 6.45) is 7.42. The summed E-state index contributed by atoms with van der Waals surface area (Å²) in [5.41, 5.74) is 0.399. The Hall–Kier alpha value is -1.50. The molecule has 0 spiro atoms. The normalized spacial score (nSPS) is 22.0. The first-order valence-electron chi connectivity index (χ1n) is 13.0. The highest BCUT2D eigenvalue weighted by atomic mass is 35.5. The number of hydrogen-bond donors (Lipinski definition) is 1. The van der Waals surface area contributed by atoms with E-state index in [1.54, 1.807) is 18.2 Å². The molecule has 5 nitrogen and oxygen atoms in total. The van der Waals surface area contributed by atoms with Crippen molar-refractivity contribution in [3.8, 4) is 11.5 Å². The molecule has 2 aliphatic rings. The summed E-state index contributed by atoms with van der Waals surface area (Å²) < 4.78 is 11.9. The molecule has 0 aromatic heterocycles. The van der Waals surface area contributed by atoms with Crippen LogP contribution in [-0.4, -0.2) is 66.4 Å². The first-order chi connectivity index (χ1) is 17.0. The van der Waals surface area contributed by atoms with Gasteiger partial charge < -0.3 is 19.5 Å². The second-order valence-corrected chi connectivity index (χ2v) is 10.8. The average molecular weight is 522 g/mol. The van der Waals surface area contributed by atoms with Gasteiger partial charge in [-0.15, -0.1) is 0 Å². The van der Waals surface area contributed by atoms with Crippen molar-refractivity contribution >= 4 is 23.2 Å². The van der Waals surface area contributed by atoms with Crippen molar-refractivity contribution in [3.63, 3.8) is 0 Å². The zero-order valence-electron chi connectivity index (χ0n) is 20.6. The first-order valence-corrected chi connectivity index (χ1v) is 13.7. The van der Waals surface area contributed by atoms with Gasteiger partial charge in [0, 0.05) is 25.7 Å². The molecule has 7 heteroatoms. The van der Waals surface area contributed by atoms with E-state index in [0.29, 0.717) is 28.6 Å². The van der Waals surface area contributed by atoms with Crippen LogP contribution in [0.2, 0.25) is 10.0 Å². The van der Waals surface area contributed by atoms with Gasteiger partial charge in [0.1, 0.15) is 18.1 Å². The van der Waals surface area contributed by atoms with Crippen molar-refractivity contribution < 1.29 is 14.6 Å². The van der Waals surface area contributed by atoms with Crippen LogP contribution in [0, 0.1) is 0 Å². The van der Waals surface area contributed by atoms with Gasteiger partial charge in [-0.25, -0.2) is 0 Å². The lowest BCUT2D eigenvalue weighted by Gasteiger charge is -2.27. The molecule has 2 fully saturated rings. The van der Waals surface area contributed by atoms with Crippen LogP contribution in [0.4, 0.5) is 0 Å². The predicted octanol–water partition coefficient (Wildman–Crippen LogP) is 6.04. The summed E-state index contributed by atoms with van der Waals surface area (Å²) in [6, 6.07) is 13.6. The van der Waals surface area contributed by atoms with Crippen LogP contribution in [0.3, 0.4) is 0 Å². The van der Waals surface area contributed by atoms with Gasteiger partial charge in [-0.05, 0) is 88.0 Å².